The van der Waals surface area contributed by atoms with Crippen molar-refractivity contribution in [2.24, 2.45) is 0 Å². The summed E-state index contributed by atoms with van der Waals surface area (Å²) in [6, 6.07) is 26.3. The van der Waals surface area contributed by atoms with E-state index >= 15 is 0 Å². The number of carboxylic acids is 1. The first-order chi connectivity index (χ1) is 14.1. The highest BCUT2D eigenvalue weighted by molar-refractivity contribution is 6.30. The lowest BCUT2D eigenvalue weighted by Gasteiger charge is -2.14. The van der Waals surface area contributed by atoms with Gasteiger partial charge in [0.2, 0.25) is 0 Å². The number of hydrogen-bond acceptors (Lipinski definition) is 3. The van der Waals surface area contributed by atoms with E-state index in [4.69, 9.17) is 16.3 Å². The zero-order chi connectivity index (χ0) is 20.2. The number of halogens is 1. The molecule has 0 unspecified atom stereocenters. The Morgan fingerprint density at radius 2 is 1.66 bits per heavy atom. The molecule has 144 valence electrons. The lowest BCUT2D eigenvalue weighted by molar-refractivity contribution is 0.0692. The molecule has 0 aliphatic rings. The lowest BCUT2D eigenvalue weighted by Crippen LogP contribution is -2.04. The summed E-state index contributed by atoms with van der Waals surface area (Å²) in [5.74, 6) is -0.732. The minimum absolute atomic E-state index is 0.113. The third kappa shape index (κ3) is 4.33. The molecule has 0 aromatic heterocycles. The molecule has 29 heavy (non-hydrogen) atoms. The first-order valence-electron chi connectivity index (χ1n) is 9.09. The Balaban J connectivity index is 1.61. The van der Waals surface area contributed by atoms with Crippen molar-refractivity contribution in [2.75, 3.05) is 5.32 Å². The summed E-state index contributed by atoms with van der Waals surface area (Å²) in [6.07, 6.45) is 0. The highest BCUT2D eigenvalue weighted by atomic mass is 35.5. The van der Waals surface area contributed by atoms with E-state index in [1.165, 1.54) is 6.07 Å². The molecule has 0 bridgehead atoms. The fourth-order valence-electron chi connectivity index (χ4n) is 3.20. The molecule has 0 fully saturated rings. The number of carboxylic acid groups (broad SMARTS) is 1. The maximum atomic E-state index is 11.6. The minimum Gasteiger partial charge on any atom is -0.488 e. The van der Waals surface area contributed by atoms with Crippen LogP contribution in [0.15, 0.2) is 84.9 Å². The summed E-state index contributed by atoms with van der Waals surface area (Å²) in [7, 11) is 0. The molecule has 4 aromatic carbocycles. The van der Waals surface area contributed by atoms with Crippen molar-refractivity contribution in [3.8, 4) is 5.75 Å². The molecular formula is C24H18ClNO3. The number of benzene rings is 4. The van der Waals surface area contributed by atoms with E-state index in [9.17, 15) is 9.90 Å². The molecule has 2 N–H and O–H groups in total. The van der Waals surface area contributed by atoms with Crippen LogP contribution < -0.4 is 10.1 Å². The first-order valence-corrected chi connectivity index (χ1v) is 9.47. The number of fused-ring (bicyclic) bond motifs is 1. The van der Waals surface area contributed by atoms with Crippen LogP contribution in [0.25, 0.3) is 10.8 Å². The summed E-state index contributed by atoms with van der Waals surface area (Å²) in [4.78, 5) is 11.6. The monoisotopic (exact) mass is 403 g/mol. The number of carbonyl (C=O) groups is 1. The van der Waals surface area contributed by atoms with Gasteiger partial charge in [0.05, 0.1) is 0 Å². The van der Waals surface area contributed by atoms with Gasteiger partial charge in [0.1, 0.15) is 17.9 Å². The van der Waals surface area contributed by atoms with Gasteiger partial charge in [-0.1, -0.05) is 60.1 Å². The van der Waals surface area contributed by atoms with Gasteiger partial charge in [0, 0.05) is 22.5 Å². The van der Waals surface area contributed by atoms with Crippen LogP contribution in [0.5, 0.6) is 5.75 Å². The van der Waals surface area contributed by atoms with Crippen molar-refractivity contribution in [1.29, 1.82) is 0 Å². The van der Waals surface area contributed by atoms with Crippen LogP contribution in [0.2, 0.25) is 5.02 Å². The quantitative estimate of drug-likeness (QED) is 0.385. The molecule has 4 aromatic rings. The second-order valence-electron chi connectivity index (χ2n) is 6.58. The maximum absolute atomic E-state index is 11.6. The van der Waals surface area contributed by atoms with E-state index in [1.54, 1.807) is 24.3 Å². The van der Waals surface area contributed by atoms with E-state index in [0.29, 0.717) is 16.5 Å². The summed E-state index contributed by atoms with van der Waals surface area (Å²) in [5, 5.41) is 15.6. The number of rotatable bonds is 6. The standard InChI is InChI=1S/C24H18ClNO3/c25-18-8-4-9-19(13-18)26-20-11-12-22(24(27)28)23(14-20)29-15-17-7-3-6-16-5-1-2-10-21(16)17/h1-14,26H,15H2,(H,27,28). The fourth-order valence-corrected chi connectivity index (χ4v) is 3.39. The van der Waals surface area contributed by atoms with E-state index in [-0.39, 0.29) is 12.2 Å². The van der Waals surface area contributed by atoms with E-state index in [2.05, 4.69) is 5.32 Å². The molecule has 0 heterocycles. The smallest absolute Gasteiger partial charge is 0.339 e. The van der Waals surface area contributed by atoms with Gasteiger partial charge in [-0.25, -0.2) is 4.79 Å². The SMILES string of the molecule is O=C(O)c1ccc(Nc2cccc(Cl)c2)cc1OCc1cccc2ccccc12. The average molecular weight is 404 g/mol. The van der Waals surface area contributed by atoms with Crippen molar-refractivity contribution in [1.82, 2.24) is 0 Å². The molecule has 4 nitrogen and oxygen atoms in total. The van der Waals surface area contributed by atoms with Crippen molar-refractivity contribution in [3.05, 3.63) is 101 Å². The molecule has 5 heteroatoms. The van der Waals surface area contributed by atoms with Crippen LogP contribution in [-0.4, -0.2) is 11.1 Å². The number of anilines is 2. The summed E-state index contributed by atoms with van der Waals surface area (Å²) >= 11 is 6.03. The van der Waals surface area contributed by atoms with Crippen LogP contribution in [-0.2, 0) is 6.61 Å². The third-order valence-electron chi connectivity index (χ3n) is 4.59. The molecule has 0 aliphatic heterocycles. The van der Waals surface area contributed by atoms with Gasteiger partial charge >= 0.3 is 5.97 Å². The van der Waals surface area contributed by atoms with Crippen LogP contribution in [0.4, 0.5) is 11.4 Å². The first kappa shape index (κ1) is 18.8. The summed E-state index contributed by atoms with van der Waals surface area (Å²) < 4.78 is 5.95. The lowest BCUT2D eigenvalue weighted by atomic mass is 10.1. The van der Waals surface area contributed by atoms with Gasteiger partial charge in [-0.2, -0.15) is 0 Å². The van der Waals surface area contributed by atoms with Crippen molar-refractivity contribution in [3.63, 3.8) is 0 Å². The molecule has 0 saturated carbocycles. The van der Waals surface area contributed by atoms with Gasteiger partial charge in [-0.05, 0) is 46.7 Å². The zero-order valence-corrected chi connectivity index (χ0v) is 16.2. The fraction of sp³-hybridized carbons (Fsp3) is 0.0417. The Bertz CT molecular complexity index is 1180. The van der Waals surface area contributed by atoms with Gasteiger partial charge < -0.3 is 15.2 Å². The van der Waals surface area contributed by atoms with Gasteiger partial charge in [0.15, 0.2) is 0 Å². The number of aromatic carboxylic acids is 1. The van der Waals surface area contributed by atoms with Crippen molar-refractivity contribution in [2.45, 2.75) is 6.61 Å². The van der Waals surface area contributed by atoms with E-state index in [0.717, 1.165) is 22.0 Å². The topological polar surface area (TPSA) is 58.6 Å². The minimum atomic E-state index is -1.03. The Morgan fingerprint density at radius 3 is 2.48 bits per heavy atom. The summed E-state index contributed by atoms with van der Waals surface area (Å²) in [6.45, 7) is 0.266. The van der Waals surface area contributed by atoms with E-state index < -0.39 is 5.97 Å². The predicted octanol–water partition coefficient (Wildman–Crippen LogP) is 6.51. The Labute approximate surface area is 173 Å². The average Bonchev–Trinajstić information content (AvgIpc) is 2.72. The summed E-state index contributed by atoms with van der Waals surface area (Å²) in [5.41, 5.74) is 2.63. The number of ether oxygens (including phenoxy) is 1. The molecular weight excluding hydrogens is 386 g/mol. The molecule has 0 atom stereocenters. The highest BCUT2D eigenvalue weighted by Crippen LogP contribution is 2.28. The van der Waals surface area contributed by atoms with E-state index in [1.807, 2.05) is 54.6 Å². The third-order valence-corrected chi connectivity index (χ3v) is 4.82. The van der Waals surface area contributed by atoms with Crippen LogP contribution in [0.3, 0.4) is 0 Å². The van der Waals surface area contributed by atoms with Gasteiger partial charge in [-0.15, -0.1) is 0 Å². The second-order valence-corrected chi connectivity index (χ2v) is 7.01. The molecule has 0 radical (unpaired) electrons. The highest BCUT2D eigenvalue weighted by Gasteiger charge is 2.13. The number of nitrogens with one attached hydrogen (secondary N) is 1. The van der Waals surface area contributed by atoms with Crippen LogP contribution >= 0.6 is 11.6 Å². The largest absolute Gasteiger partial charge is 0.488 e. The molecule has 0 aliphatic carbocycles. The van der Waals surface area contributed by atoms with Crippen LogP contribution in [0, 0.1) is 0 Å². The van der Waals surface area contributed by atoms with Gasteiger partial charge in [-0.3, -0.25) is 0 Å². The molecule has 0 spiro atoms. The zero-order valence-electron chi connectivity index (χ0n) is 15.4. The Morgan fingerprint density at radius 1 is 0.897 bits per heavy atom. The van der Waals surface area contributed by atoms with Crippen molar-refractivity contribution < 1.29 is 14.6 Å². The van der Waals surface area contributed by atoms with Crippen molar-refractivity contribution >= 4 is 39.7 Å². The second kappa shape index (κ2) is 8.25. The molecule has 4 rings (SSSR count). The molecule has 0 saturated heterocycles. The van der Waals surface area contributed by atoms with Gasteiger partial charge in [0.25, 0.3) is 0 Å². The van der Waals surface area contributed by atoms with Crippen LogP contribution in [0.1, 0.15) is 15.9 Å². The maximum Gasteiger partial charge on any atom is 0.339 e. The molecule has 0 amide bonds. The Hall–Kier alpha value is -3.50. The number of hydrogen-bond donors (Lipinski definition) is 2. The normalized spacial score (nSPS) is 10.7. The Kier molecular flexibility index (Phi) is 5.36. The predicted molar refractivity (Wildman–Crippen MR) is 116 cm³/mol.